The lowest BCUT2D eigenvalue weighted by Crippen LogP contribution is -2.17. The summed E-state index contributed by atoms with van der Waals surface area (Å²) >= 11 is 0. The maximum Gasteiger partial charge on any atom is 0.308 e. The van der Waals surface area contributed by atoms with Crippen molar-refractivity contribution in [1.82, 2.24) is 0 Å². The van der Waals surface area contributed by atoms with E-state index in [0.29, 0.717) is 11.1 Å². The van der Waals surface area contributed by atoms with Crippen LogP contribution in [0.4, 0.5) is 4.39 Å². The van der Waals surface area contributed by atoms with Gasteiger partial charge in [0.2, 0.25) is 0 Å². The van der Waals surface area contributed by atoms with Gasteiger partial charge in [0.25, 0.3) is 0 Å². The molecule has 0 aromatic heterocycles. The number of hydrogen-bond acceptors (Lipinski definition) is 3. The number of hydrogen-bond donors (Lipinski definition) is 0. The average molecular weight is 238 g/mol. The lowest BCUT2D eigenvalue weighted by Gasteiger charge is -2.08. The van der Waals surface area contributed by atoms with Crippen molar-refractivity contribution < 1.29 is 18.7 Å². The zero-order chi connectivity index (χ0) is 13.0. The van der Waals surface area contributed by atoms with Gasteiger partial charge in [0.05, 0.1) is 13.0 Å². The van der Waals surface area contributed by atoms with Gasteiger partial charge in [-0.3, -0.25) is 9.59 Å². The van der Waals surface area contributed by atoms with E-state index in [2.05, 4.69) is 4.74 Å². The zero-order valence-electron chi connectivity index (χ0n) is 10.1. The van der Waals surface area contributed by atoms with E-state index in [1.807, 2.05) is 0 Å². The summed E-state index contributed by atoms with van der Waals surface area (Å²) in [7, 11) is 1.28. The van der Waals surface area contributed by atoms with Crippen molar-refractivity contribution in [2.45, 2.75) is 20.3 Å². The third-order valence-corrected chi connectivity index (χ3v) is 2.58. The molecule has 1 aromatic rings. The molecule has 0 aliphatic rings. The molecule has 1 rings (SSSR count). The molecule has 0 aliphatic heterocycles. The Labute approximate surface area is 99.6 Å². The number of carbonyl (C=O) groups excluding carboxylic acids is 2. The summed E-state index contributed by atoms with van der Waals surface area (Å²) in [5.41, 5.74) is 0.834. The summed E-state index contributed by atoms with van der Waals surface area (Å²) in [4.78, 5) is 23.0. The van der Waals surface area contributed by atoms with Crippen LogP contribution in [0.15, 0.2) is 18.2 Å². The SMILES string of the molecule is COC(=O)C(C)CC(=O)c1ccc(F)c(C)c1. The van der Waals surface area contributed by atoms with Crippen molar-refractivity contribution in [1.29, 1.82) is 0 Å². The Morgan fingerprint density at radius 1 is 1.41 bits per heavy atom. The summed E-state index contributed by atoms with van der Waals surface area (Å²) in [5.74, 6) is -1.44. The van der Waals surface area contributed by atoms with Crippen molar-refractivity contribution in [3.63, 3.8) is 0 Å². The van der Waals surface area contributed by atoms with Gasteiger partial charge in [-0.05, 0) is 30.7 Å². The first kappa shape index (κ1) is 13.4. The van der Waals surface area contributed by atoms with Gasteiger partial charge < -0.3 is 4.74 Å². The van der Waals surface area contributed by atoms with Crippen molar-refractivity contribution >= 4 is 11.8 Å². The summed E-state index contributed by atoms with van der Waals surface area (Å²) in [6, 6.07) is 4.17. The summed E-state index contributed by atoms with van der Waals surface area (Å²) in [6.45, 7) is 3.22. The molecule has 0 bridgehead atoms. The van der Waals surface area contributed by atoms with Crippen LogP contribution in [0.2, 0.25) is 0 Å². The normalized spacial score (nSPS) is 12.0. The third kappa shape index (κ3) is 3.37. The van der Waals surface area contributed by atoms with E-state index in [4.69, 9.17) is 0 Å². The highest BCUT2D eigenvalue weighted by molar-refractivity contribution is 5.98. The first-order valence-electron chi connectivity index (χ1n) is 5.33. The van der Waals surface area contributed by atoms with Crippen LogP contribution < -0.4 is 0 Å². The second kappa shape index (κ2) is 5.57. The molecule has 4 heteroatoms. The summed E-state index contributed by atoms with van der Waals surface area (Å²) in [5, 5.41) is 0. The molecule has 0 heterocycles. The predicted molar refractivity (Wildman–Crippen MR) is 61.3 cm³/mol. The Bertz CT molecular complexity index is 440. The molecule has 1 aromatic carbocycles. The third-order valence-electron chi connectivity index (χ3n) is 2.58. The topological polar surface area (TPSA) is 43.4 Å². The minimum absolute atomic E-state index is 0.0672. The van der Waals surface area contributed by atoms with Crippen LogP contribution in [0.3, 0.4) is 0 Å². The number of carbonyl (C=O) groups is 2. The number of benzene rings is 1. The fraction of sp³-hybridized carbons (Fsp3) is 0.385. The summed E-state index contributed by atoms with van der Waals surface area (Å²) in [6.07, 6.45) is 0.0672. The van der Waals surface area contributed by atoms with E-state index < -0.39 is 11.9 Å². The van der Waals surface area contributed by atoms with Gasteiger partial charge in [-0.25, -0.2) is 4.39 Å². The number of methoxy groups -OCH3 is 1. The maximum absolute atomic E-state index is 13.0. The fourth-order valence-corrected chi connectivity index (χ4v) is 1.50. The van der Waals surface area contributed by atoms with E-state index in [0.717, 1.165) is 0 Å². The Hall–Kier alpha value is -1.71. The van der Waals surface area contributed by atoms with Crippen molar-refractivity contribution in [3.8, 4) is 0 Å². The molecular weight excluding hydrogens is 223 g/mol. The van der Waals surface area contributed by atoms with Gasteiger partial charge in [-0.15, -0.1) is 0 Å². The van der Waals surface area contributed by atoms with E-state index in [1.165, 1.54) is 25.3 Å². The van der Waals surface area contributed by atoms with Crippen LogP contribution in [-0.2, 0) is 9.53 Å². The molecule has 0 spiro atoms. The van der Waals surface area contributed by atoms with Crippen LogP contribution in [0, 0.1) is 18.7 Å². The minimum atomic E-state index is -0.488. The van der Waals surface area contributed by atoms with Crippen LogP contribution in [-0.4, -0.2) is 18.9 Å². The highest BCUT2D eigenvalue weighted by atomic mass is 19.1. The Balaban J connectivity index is 2.76. The number of Topliss-reactive ketones (excluding diaryl/α,β-unsaturated/α-hetero) is 1. The van der Waals surface area contributed by atoms with Gasteiger partial charge >= 0.3 is 5.97 Å². The second-order valence-electron chi connectivity index (χ2n) is 4.02. The minimum Gasteiger partial charge on any atom is -0.469 e. The van der Waals surface area contributed by atoms with Crippen LogP contribution >= 0.6 is 0 Å². The molecule has 3 nitrogen and oxygen atoms in total. The van der Waals surface area contributed by atoms with Gasteiger partial charge in [0, 0.05) is 12.0 Å². The predicted octanol–water partition coefficient (Wildman–Crippen LogP) is 2.52. The highest BCUT2D eigenvalue weighted by Crippen LogP contribution is 2.14. The van der Waals surface area contributed by atoms with Gasteiger partial charge in [0.1, 0.15) is 5.82 Å². The number of rotatable bonds is 4. The van der Waals surface area contributed by atoms with Crippen molar-refractivity contribution in [2.24, 2.45) is 5.92 Å². The average Bonchev–Trinajstić information content (AvgIpc) is 2.31. The lowest BCUT2D eigenvalue weighted by molar-refractivity contribution is -0.144. The van der Waals surface area contributed by atoms with Gasteiger partial charge in [-0.2, -0.15) is 0 Å². The van der Waals surface area contributed by atoms with Gasteiger partial charge in [0.15, 0.2) is 5.78 Å². The van der Waals surface area contributed by atoms with E-state index in [-0.39, 0.29) is 18.0 Å². The molecule has 0 N–H and O–H groups in total. The quantitative estimate of drug-likeness (QED) is 0.598. The Kier molecular flexibility index (Phi) is 4.37. The smallest absolute Gasteiger partial charge is 0.308 e. The first-order chi connectivity index (χ1) is 7.95. The molecule has 0 saturated heterocycles. The molecule has 92 valence electrons. The molecular formula is C13H15FO3. The molecule has 0 saturated carbocycles. The largest absolute Gasteiger partial charge is 0.469 e. The van der Waals surface area contributed by atoms with Crippen LogP contribution in [0.1, 0.15) is 29.3 Å². The number of ketones is 1. The number of halogens is 1. The van der Waals surface area contributed by atoms with Crippen LogP contribution in [0.5, 0.6) is 0 Å². The van der Waals surface area contributed by atoms with E-state index in [1.54, 1.807) is 13.8 Å². The lowest BCUT2D eigenvalue weighted by atomic mass is 9.98. The number of esters is 1. The molecule has 0 radical (unpaired) electrons. The molecule has 0 amide bonds. The highest BCUT2D eigenvalue weighted by Gasteiger charge is 2.18. The molecule has 0 aliphatic carbocycles. The van der Waals surface area contributed by atoms with E-state index in [9.17, 15) is 14.0 Å². The summed E-state index contributed by atoms with van der Waals surface area (Å²) < 4.78 is 17.6. The molecule has 1 unspecified atom stereocenters. The second-order valence-corrected chi connectivity index (χ2v) is 4.02. The standard InChI is InChI=1S/C13H15FO3/c1-8-6-10(4-5-11(8)14)12(15)7-9(2)13(16)17-3/h4-6,9H,7H2,1-3H3. The Morgan fingerprint density at radius 2 is 2.06 bits per heavy atom. The van der Waals surface area contributed by atoms with Crippen LogP contribution in [0.25, 0.3) is 0 Å². The molecule has 17 heavy (non-hydrogen) atoms. The number of aryl methyl sites for hydroxylation is 1. The zero-order valence-corrected chi connectivity index (χ0v) is 10.1. The van der Waals surface area contributed by atoms with Crippen molar-refractivity contribution in [2.75, 3.05) is 7.11 Å². The molecule has 0 fully saturated rings. The first-order valence-corrected chi connectivity index (χ1v) is 5.33. The van der Waals surface area contributed by atoms with E-state index >= 15 is 0 Å². The van der Waals surface area contributed by atoms with Crippen molar-refractivity contribution in [3.05, 3.63) is 35.1 Å². The number of ether oxygens (including phenoxy) is 1. The van der Waals surface area contributed by atoms with Gasteiger partial charge in [-0.1, -0.05) is 6.92 Å². The fourth-order valence-electron chi connectivity index (χ4n) is 1.50. The maximum atomic E-state index is 13.0. The monoisotopic (exact) mass is 238 g/mol. The molecule has 1 atom stereocenters. The Morgan fingerprint density at radius 3 is 2.59 bits per heavy atom.